The monoisotopic (exact) mass is 274 g/mol. The lowest BCUT2D eigenvalue weighted by Gasteiger charge is -2.34. The number of aliphatic hydroxyl groups is 1. The minimum Gasteiger partial charge on any atom is -0.395 e. The molecule has 0 spiro atoms. The molecule has 6 heteroatoms. The Kier molecular flexibility index (Phi) is 3.66. The molecule has 1 N–H and O–H groups in total. The number of hydrogen-bond donors (Lipinski definition) is 1. The van der Waals surface area contributed by atoms with Gasteiger partial charge in [0, 0.05) is 45.0 Å². The second-order valence-electron chi connectivity index (χ2n) is 4.93. The Labute approximate surface area is 116 Å². The van der Waals surface area contributed by atoms with E-state index in [-0.39, 0.29) is 12.2 Å². The standard InChI is InChI=1S/C14H18N4O2/c19-10-9-16-5-7-17(8-6-16)13-11-14(20)18-4-2-1-3-12(18)15-13/h1-4,11,19H,5-10H2. The molecular weight excluding hydrogens is 256 g/mol. The third kappa shape index (κ3) is 2.52. The molecule has 0 radical (unpaired) electrons. The van der Waals surface area contributed by atoms with Crippen LogP contribution in [0.3, 0.4) is 0 Å². The fraction of sp³-hybridized carbons (Fsp3) is 0.429. The smallest absolute Gasteiger partial charge is 0.259 e. The molecule has 3 rings (SSSR count). The fourth-order valence-corrected chi connectivity index (χ4v) is 2.55. The van der Waals surface area contributed by atoms with E-state index in [1.807, 2.05) is 18.2 Å². The van der Waals surface area contributed by atoms with Gasteiger partial charge in [-0.25, -0.2) is 4.98 Å². The Morgan fingerprint density at radius 3 is 2.75 bits per heavy atom. The SMILES string of the molecule is O=c1cc(N2CCN(CCO)CC2)nc2ccccn12. The van der Waals surface area contributed by atoms with Crippen LogP contribution >= 0.6 is 0 Å². The number of aliphatic hydroxyl groups excluding tert-OH is 1. The zero-order chi connectivity index (χ0) is 13.9. The lowest BCUT2D eigenvalue weighted by atomic mass is 10.3. The van der Waals surface area contributed by atoms with Gasteiger partial charge in [0.05, 0.1) is 6.61 Å². The Morgan fingerprint density at radius 1 is 1.20 bits per heavy atom. The summed E-state index contributed by atoms with van der Waals surface area (Å²) in [6.07, 6.45) is 1.73. The lowest BCUT2D eigenvalue weighted by molar-refractivity contribution is 0.188. The van der Waals surface area contributed by atoms with Gasteiger partial charge in [-0.05, 0) is 12.1 Å². The highest BCUT2D eigenvalue weighted by atomic mass is 16.3. The Hall–Kier alpha value is -1.92. The number of aromatic nitrogens is 2. The van der Waals surface area contributed by atoms with Gasteiger partial charge in [0.1, 0.15) is 11.5 Å². The predicted octanol–water partition coefficient (Wildman–Crippen LogP) is -0.191. The van der Waals surface area contributed by atoms with Gasteiger partial charge in [-0.1, -0.05) is 6.07 Å². The molecule has 2 aromatic heterocycles. The second kappa shape index (κ2) is 5.60. The molecule has 3 heterocycles. The molecule has 1 fully saturated rings. The van der Waals surface area contributed by atoms with Crippen molar-refractivity contribution in [3.8, 4) is 0 Å². The number of hydrogen-bond acceptors (Lipinski definition) is 5. The summed E-state index contributed by atoms with van der Waals surface area (Å²) in [5.41, 5.74) is 0.621. The molecule has 0 unspecified atom stereocenters. The molecule has 0 saturated carbocycles. The third-order valence-electron chi connectivity index (χ3n) is 3.67. The molecule has 2 aromatic rings. The number of pyridine rings is 1. The zero-order valence-corrected chi connectivity index (χ0v) is 11.3. The maximum Gasteiger partial charge on any atom is 0.259 e. The van der Waals surface area contributed by atoms with E-state index in [0.29, 0.717) is 12.2 Å². The first-order chi connectivity index (χ1) is 9.78. The van der Waals surface area contributed by atoms with Crippen molar-refractivity contribution in [2.45, 2.75) is 0 Å². The van der Waals surface area contributed by atoms with Crippen LogP contribution in [0.4, 0.5) is 5.82 Å². The summed E-state index contributed by atoms with van der Waals surface area (Å²) in [6.45, 7) is 4.33. The van der Waals surface area contributed by atoms with Crippen molar-refractivity contribution in [2.75, 3.05) is 44.2 Å². The summed E-state index contributed by atoms with van der Waals surface area (Å²) in [5.74, 6) is 0.741. The topological polar surface area (TPSA) is 61.1 Å². The van der Waals surface area contributed by atoms with E-state index in [1.54, 1.807) is 16.7 Å². The molecule has 1 aliphatic heterocycles. The van der Waals surface area contributed by atoms with Crippen LogP contribution in [0.15, 0.2) is 35.3 Å². The molecule has 0 bridgehead atoms. The van der Waals surface area contributed by atoms with Crippen molar-refractivity contribution in [3.05, 3.63) is 40.8 Å². The molecule has 0 amide bonds. The summed E-state index contributed by atoms with van der Waals surface area (Å²) in [5, 5.41) is 8.94. The maximum absolute atomic E-state index is 12.1. The highest BCUT2D eigenvalue weighted by Crippen LogP contribution is 2.12. The molecule has 106 valence electrons. The largest absolute Gasteiger partial charge is 0.395 e. The Bertz CT molecular complexity index is 647. The van der Waals surface area contributed by atoms with Gasteiger partial charge in [0.15, 0.2) is 0 Å². The first-order valence-electron chi connectivity index (χ1n) is 6.84. The minimum atomic E-state index is -0.0524. The first kappa shape index (κ1) is 13.1. The van der Waals surface area contributed by atoms with Crippen LogP contribution in [0.25, 0.3) is 5.65 Å². The molecule has 20 heavy (non-hydrogen) atoms. The number of nitrogens with zero attached hydrogens (tertiary/aromatic N) is 4. The van der Waals surface area contributed by atoms with Crippen molar-refractivity contribution >= 4 is 11.5 Å². The normalized spacial score (nSPS) is 16.8. The van der Waals surface area contributed by atoms with Gasteiger partial charge in [-0.15, -0.1) is 0 Å². The van der Waals surface area contributed by atoms with E-state index in [9.17, 15) is 4.79 Å². The van der Waals surface area contributed by atoms with Crippen LogP contribution in [0.1, 0.15) is 0 Å². The number of anilines is 1. The van der Waals surface area contributed by atoms with Gasteiger partial charge in [-0.2, -0.15) is 0 Å². The van der Waals surface area contributed by atoms with Crippen molar-refractivity contribution < 1.29 is 5.11 Å². The molecule has 1 saturated heterocycles. The summed E-state index contributed by atoms with van der Waals surface area (Å²) in [4.78, 5) is 21.0. The molecular formula is C14H18N4O2. The first-order valence-corrected chi connectivity index (χ1v) is 6.84. The molecule has 0 aromatic carbocycles. The number of β-amino-alcohol motifs (C(OH)–C–C–N with tert-alkyl or cyclic N) is 1. The van der Waals surface area contributed by atoms with E-state index in [2.05, 4.69) is 14.8 Å². The zero-order valence-electron chi connectivity index (χ0n) is 11.3. The number of piperazine rings is 1. The van der Waals surface area contributed by atoms with E-state index >= 15 is 0 Å². The van der Waals surface area contributed by atoms with Crippen LogP contribution in [0.5, 0.6) is 0 Å². The Morgan fingerprint density at radius 2 is 2.00 bits per heavy atom. The van der Waals surface area contributed by atoms with E-state index in [0.717, 1.165) is 32.0 Å². The van der Waals surface area contributed by atoms with Crippen molar-refractivity contribution in [1.82, 2.24) is 14.3 Å². The molecule has 0 atom stereocenters. The minimum absolute atomic E-state index is 0.0524. The van der Waals surface area contributed by atoms with Gasteiger partial charge >= 0.3 is 0 Å². The lowest BCUT2D eigenvalue weighted by Crippen LogP contribution is -2.47. The predicted molar refractivity (Wildman–Crippen MR) is 77.2 cm³/mol. The van der Waals surface area contributed by atoms with Crippen LogP contribution in [-0.2, 0) is 0 Å². The maximum atomic E-state index is 12.1. The molecule has 0 aliphatic carbocycles. The highest BCUT2D eigenvalue weighted by molar-refractivity contribution is 5.48. The van der Waals surface area contributed by atoms with Crippen molar-refractivity contribution in [1.29, 1.82) is 0 Å². The van der Waals surface area contributed by atoms with E-state index in [1.165, 1.54) is 0 Å². The number of fused-ring (bicyclic) bond motifs is 1. The quantitative estimate of drug-likeness (QED) is 0.840. The summed E-state index contributed by atoms with van der Waals surface area (Å²) >= 11 is 0. The van der Waals surface area contributed by atoms with E-state index < -0.39 is 0 Å². The van der Waals surface area contributed by atoms with Gasteiger partial charge in [-0.3, -0.25) is 14.1 Å². The third-order valence-corrected chi connectivity index (χ3v) is 3.67. The summed E-state index contributed by atoms with van der Waals surface area (Å²) in [7, 11) is 0. The van der Waals surface area contributed by atoms with Crippen molar-refractivity contribution in [3.63, 3.8) is 0 Å². The Balaban J connectivity index is 1.83. The van der Waals surface area contributed by atoms with Crippen LogP contribution in [0, 0.1) is 0 Å². The van der Waals surface area contributed by atoms with E-state index in [4.69, 9.17) is 5.11 Å². The summed E-state index contributed by atoms with van der Waals surface area (Å²) < 4.78 is 1.55. The number of rotatable bonds is 3. The second-order valence-corrected chi connectivity index (χ2v) is 4.93. The highest BCUT2D eigenvalue weighted by Gasteiger charge is 2.18. The average molecular weight is 274 g/mol. The van der Waals surface area contributed by atoms with Gasteiger partial charge in [0.25, 0.3) is 5.56 Å². The van der Waals surface area contributed by atoms with Crippen LogP contribution < -0.4 is 10.5 Å². The molecule has 6 nitrogen and oxygen atoms in total. The van der Waals surface area contributed by atoms with Crippen LogP contribution in [-0.4, -0.2) is 58.7 Å². The fourth-order valence-electron chi connectivity index (χ4n) is 2.55. The van der Waals surface area contributed by atoms with Crippen molar-refractivity contribution in [2.24, 2.45) is 0 Å². The average Bonchev–Trinajstić information content (AvgIpc) is 2.48. The van der Waals surface area contributed by atoms with Crippen LogP contribution in [0.2, 0.25) is 0 Å². The summed E-state index contributed by atoms with van der Waals surface area (Å²) in [6, 6.07) is 7.13. The van der Waals surface area contributed by atoms with Gasteiger partial charge in [0.2, 0.25) is 0 Å². The van der Waals surface area contributed by atoms with Gasteiger partial charge < -0.3 is 10.0 Å². The molecule has 1 aliphatic rings.